The molecule has 1 heterocycles. The minimum Gasteiger partial charge on any atom is -1.00 e. The van der Waals surface area contributed by atoms with Crippen LogP contribution in [0.5, 0.6) is 0 Å². The van der Waals surface area contributed by atoms with Gasteiger partial charge < -0.3 is 24.8 Å². The van der Waals surface area contributed by atoms with E-state index in [9.17, 15) is 0 Å². The maximum absolute atomic E-state index is 3.74. The Labute approximate surface area is 175 Å². The van der Waals surface area contributed by atoms with Gasteiger partial charge in [0.15, 0.2) is 0 Å². The van der Waals surface area contributed by atoms with Gasteiger partial charge in [0.25, 0.3) is 0 Å². The number of rotatable bonds is 3. The monoisotopic (exact) mass is 463 g/mol. The third-order valence-corrected chi connectivity index (χ3v) is 11.8. The van der Waals surface area contributed by atoms with Crippen molar-refractivity contribution in [1.29, 1.82) is 0 Å². The van der Waals surface area contributed by atoms with Crippen molar-refractivity contribution in [3.8, 4) is 0 Å². The summed E-state index contributed by atoms with van der Waals surface area (Å²) in [6, 6.07) is 17.8. The van der Waals surface area contributed by atoms with E-state index in [2.05, 4.69) is 79.6 Å². The third kappa shape index (κ3) is 3.76. The molecule has 2 aromatic carbocycles. The Hall–Kier alpha value is -0.600. The molecule has 1 unspecified atom stereocenters. The normalized spacial score (nSPS) is 15.2. The molecule has 1 N–H and O–H groups in total. The maximum Gasteiger partial charge on any atom is -1.00 e. The molecular formula is C20H21Cl2NSiZr. The van der Waals surface area contributed by atoms with Crippen molar-refractivity contribution in [1.82, 2.24) is 4.98 Å². The molecule has 1 aliphatic rings. The van der Waals surface area contributed by atoms with E-state index in [0.717, 1.165) is 3.63 Å². The predicted octanol–water partition coefficient (Wildman–Crippen LogP) is -1.64. The smallest absolute Gasteiger partial charge is 1.00 e. The second-order valence-corrected chi connectivity index (χ2v) is 13.0. The molecular weight excluding hydrogens is 444 g/mol. The summed E-state index contributed by atoms with van der Waals surface area (Å²) in [4.78, 5) is 3.74. The zero-order valence-corrected chi connectivity index (χ0v) is 19.7. The van der Waals surface area contributed by atoms with E-state index in [1.165, 1.54) is 22.0 Å². The van der Waals surface area contributed by atoms with Crippen LogP contribution in [0, 0.1) is 6.92 Å². The van der Waals surface area contributed by atoms with Gasteiger partial charge in [-0.15, -0.1) is 0 Å². The molecule has 0 saturated carbocycles. The van der Waals surface area contributed by atoms with Gasteiger partial charge in [-0.05, 0) is 0 Å². The topological polar surface area (TPSA) is 15.8 Å². The first kappa shape index (κ1) is 20.7. The molecule has 0 amide bonds. The summed E-state index contributed by atoms with van der Waals surface area (Å²) >= 11 is -0.748. The van der Waals surface area contributed by atoms with E-state index in [1.54, 1.807) is 14.2 Å². The first-order chi connectivity index (χ1) is 11.1. The van der Waals surface area contributed by atoms with Crippen molar-refractivity contribution >= 4 is 29.2 Å². The molecule has 0 aliphatic heterocycles. The fourth-order valence-electron chi connectivity index (χ4n) is 3.58. The second kappa shape index (κ2) is 8.39. The molecule has 5 heteroatoms. The SMILES string of the molecule is Cc1[c]([Zr+2][CH]2C([SiH](C)C)=Cc3ccccc32)[nH]c2ccccc12.[Cl-].[Cl-]. The first-order valence-corrected chi connectivity index (χ1v) is 13.8. The zero-order valence-electron chi connectivity index (χ0n) is 14.6. The number of hydrogen-bond acceptors (Lipinski definition) is 0. The minimum absolute atomic E-state index is 0. The van der Waals surface area contributed by atoms with Gasteiger partial charge in [-0.25, -0.2) is 0 Å². The van der Waals surface area contributed by atoms with Crippen molar-refractivity contribution in [2.75, 3.05) is 0 Å². The molecule has 0 radical (unpaired) electrons. The van der Waals surface area contributed by atoms with E-state index in [0.29, 0.717) is 0 Å². The molecule has 128 valence electrons. The van der Waals surface area contributed by atoms with E-state index < -0.39 is 32.0 Å². The number of halogens is 2. The number of H-pyrrole nitrogens is 1. The largest absolute Gasteiger partial charge is 1.00 e. The Balaban J connectivity index is 0.00000113. The predicted molar refractivity (Wildman–Crippen MR) is 98.7 cm³/mol. The number of fused-ring (bicyclic) bond motifs is 2. The van der Waals surface area contributed by atoms with Gasteiger partial charge in [0.2, 0.25) is 0 Å². The van der Waals surface area contributed by atoms with Gasteiger partial charge in [0.05, 0.1) is 0 Å². The van der Waals surface area contributed by atoms with Gasteiger partial charge in [-0.2, -0.15) is 0 Å². The van der Waals surface area contributed by atoms with Crippen LogP contribution in [0.4, 0.5) is 0 Å². The molecule has 0 saturated heterocycles. The average molecular weight is 466 g/mol. The first-order valence-electron chi connectivity index (χ1n) is 8.29. The van der Waals surface area contributed by atoms with Crippen LogP contribution >= 0.6 is 0 Å². The van der Waals surface area contributed by atoms with Gasteiger partial charge >= 0.3 is 151 Å². The van der Waals surface area contributed by atoms with Crippen LogP contribution in [0.25, 0.3) is 17.0 Å². The Bertz CT molecular complexity index is 917. The Morgan fingerprint density at radius 2 is 1.64 bits per heavy atom. The average Bonchev–Trinajstić information content (AvgIpc) is 3.08. The van der Waals surface area contributed by atoms with Crippen LogP contribution in [0.2, 0.25) is 13.1 Å². The van der Waals surface area contributed by atoms with Crippen LogP contribution in [0.3, 0.4) is 0 Å². The minimum atomic E-state index is -0.770. The fourth-order valence-corrected chi connectivity index (χ4v) is 11.6. The third-order valence-electron chi connectivity index (χ3n) is 4.88. The number of aromatic amines is 1. The van der Waals surface area contributed by atoms with Crippen molar-refractivity contribution in [3.05, 3.63) is 70.4 Å². The van der Waals surface area contributed by atoms with Crippen molar-refractivity contribution < 1.29 is 48.0 Å². The molecule has 25 heavy (non-hydrogen) atoms. The molecule has 1 atom stereocenters. The van der Waals surface area contributed by atoms with Crippen LogP contribution < -0.4 is 28.2 Å². The number of para-hydroxylation sites is 1. The summed E-state index contributed by atoms with van der Waals surface area (Å²) in [6.07, 6.45) is 2.51. The zero-order chi connectivity index (χ0) is 16.0. The van der Waals surface area contributed by atoms with Crippen LogP contribution in [-0.2, 0) is 23.2 Å². The van der Waals surface area contributed by atoms with E-state index in [4.69, 9.17) is 0 Å². The number of aromatic nitrogens is 1. The molecule has 3 aromatic rings. The fraction of sp³-hybridized carbons (Fsp3) is 0.200. The second-order valence-electron chi connectivity index (χ2n) is 6.68. The number of benzene rings is 2. The van der Waals surface area contributed by atoms with Gasteiger partial charge in [-0.3, -0.25) is 0 Å². The molecule has 1 nitrogen and oxygen atoms in total. The molecule has 0 bridgehead atoms. The van der Waals surface area contributed by atoms with Gasteiger partial charge in [-0.1, -0.05) is 0 Å². The molecule has 0 fully saturated rings. The number of nitrogens with one attached hydrogen (secondary N) is 1. The molecule has 4 rings (SSSR count). The van der Waals surface area contributed by atoms with E-state index in [-0.39, 0.29) is 24.8 Å². The Kier molecular flexibility index (Phi) is 6.95. The van der Waals surface area contributed by atoms with Crippen LogP contribution in [0.15, 0.2) is 53.7 Å². The number of aryl methyl sites for hydroxylation is 1. The van der Waals surface area contributed by atoms with Gasteiger partial charge in [0.1, 0.15) is 0 Å². The van der Waals surface area contributed by atoms with E-state index >= 15 is 0 Å². The Morgan fingerprint density at radius 3 is 2.36 bits per heavy atom. The molecule has 0 spiro atoms. The summed E-state index contributed by atoms with van der Waals surface area (Å²) < 4.78 is 2.30. The van der Waals surface area contributed by atoms with Crippen molar-refractivity contribution in [2.45, 2.75) is 23.6 Å². The van der Waals surface area contributed by atoms with Crippen molar-refractivity contribution in [3.63, 3.8) is 0 Å². The molecule has 1 aliphatic carbocycles. The summed E-state index contributed by atoms with van der Waals surface area (Å²) in [5, 5.41) is 3.18. The summed E-state index contributed by atoms with van der Waals surface area (Å²) in [5.74, 6) is 0. The molecule has 1 aromatic heterocycles. The number of hydrogen-bond donors (Lipinski definition) is 1. The van der Waals surface area contributed by atoms with Gasteiger partial charge in [0, 0.05) is 0 Å². The quantitative estimate of drug-likeness (QED) is 0.447. The summed E-state index contributed by atoms with van der Waals surface area (Å²) in [5.41, 5.74) is 5.86. The number of allylic oxidation sites excluding steroid dienone is 1. The van der Waals surface area contributed by atoms with E-state index in [1.807, 2.05) is 0 Å². The maximum atomic E-state index is 3.74. The summed E-state index contributed by atoms with van der Waals surface area (Å²) in [6.45, 7) is 7.25. The van der Waals surface area contributed by atoms with Crippen LogP contribution in [-0.4, -0.2) is 13.8 Å². The summed E-state index contributed by atoms with van der Waals surface area (Å²) in [7, 11) is -0.770. The van der Waals surface area contributed by atoms with Crippen LogP contribution in [0.1, 0.15) is 20.3 Å². The Morgan fingerprint density at radius 1 is 0.960 bits per heavy atom. The standard InChI is InChI=1S/C11H13Si.C9H8N.2ClH.Zr/c1-12(2)11-7-9-5-3-4-6-10(9)8-11;1-7-6-10-9-5-3-2-4-8(7)9;;;/h3-8,12H,1-2H3;2-5,10H,1H3;2*1H;/q;;;;+2/p-2. The van der Waals surface area contributed by atoms with Crippen molar-refractivity contribution in [2.24, 2.45) is 0 Å².